The highest BCUT2D eigenvalue weighted by atomic mass is 35.5. The predicted octanol–water partition coefficient (Wildman–Crippen LogP) is 3.72. The van der Waals surface area contributed by atoms with Crippen molar-refractivity contribution in [3.05, 3.63) is 47.0 Å². The number of amides is 1. The van der Waals surface area contributed by atoms with Crippen LogP contribution in [0.25, 0.3) is 5.82 Å². The average molecular weight is 537 g/mol. The molecule has 10 nitrogen and oxygen atoms in total. The number of halogens is 1. The number of aryl methyl sites for hydroxylation is 2. The topological polar surface area (TPSA) is 121 Å². The molecule has 0 bridgehead atoms. The third kappa shape index (κ3) is 5.28. The lowest BCUT2D eigenvalue weighted by Crippen LogP contribution is -2.31. The van der Waals surface area contributed by atoms with Gasteiger partial charge in [0.1, 0.15) is 10.0 Å². The van der Waals surface area contributed by atoms with Crippen LogP contribution in [0.15, 0.2) is 35.5 Å². The van der Waals surface area contributed by atoms with Gasteiger partial charge in [-0.15, -0.1) is 5.10 Å². The van der Waals surface area contributed by atoms with Crippen molar-refractivity contribution in [1.29, 1.82) is 0 Å². The Kier molecular flexibility index (Phi) is 6.58. The minimum atomic E-state index is -4.12. The van der Waals surface area contributed by atoms with Crippen molar-refractivity contribution in [3.63, 3.8) is 0 Å². The van der Waals surface area contributed by atoms with Gasteiger partial charge in [-0.3, -0.25) is 9.48 Å². The Balaban J connectivity index is 1.42. The first-order valence-electron chi connectivity index (χ1n) is 11.2. The van der Waals surface area contributed by atoms with Gasteiger partial charge in [-0.25, -0.2) is 22.8 Å². The van der Waals surface area contributed by atoms with Crippen molar-refractivity contribution in [2.24, 2.45) is 7.05 Å². The summed E-state index contributed by atoms with van der Waals surface area (Å²) in [4.78, 5) is 16.7. The van der Waals surface area contributed by atoms with Crippen molar-refractivity contribution in [1.82, 2.24) is 29.3 Å². The fourth-order valence-electron chi connectivity index (χ4n) is 4.18. The molecule has 0 aromatic carbocycles. The van der Waals surface area contributed by atoms with Gasteiger partial charge in [0.15, 0.2) is 5.82 Å². The molecule has 3 heterocycles. The highest BCUT2D eigenvalue weighted by Crippen LogP contribution is 2.63. The van der Waals surface area contributed by atoms with E-state index in [0.29, 0.717) is 23.3 Å². The molecule has 1 saturated carbocycles. The van der Waals surface area contributed by atoms with E-state index in [9.17, 15) is 13.2 Å². The second kappa shape index (κ2) is 9.06. The molecule has 0 radical (unpaired) electrons. The molecular weight excluding hydrogens is 508 g/mol. The third-order valence-electron chi connectivity index (χ3n) is 6.64. The SMILES string of the molecule is Cc1nn(C)cc1S(=O)(=O)NC(=O)c1ccc(-n2ccc(OCCC3([Si](C)(C)C)CC3)n2)nc1Cl. The second-order valence-corrected chi connectivity index (χ2v) is 17.5. The van der Waals surface area contributed by atoms with Crippen LogP contribution in [0.5, 0.6) is 5.88 Å². The normalized spacial score (nSPS) is 15.1. The van der Waals surface area contributed by atoms with E-state index in [1.54, 1.807) is 26.2 Å². The van der Waals surface area contributed by atoms with Gasteiger partial charge in [0.25, 0.3) is 15.9 Å². The minimum absolute atomic E-state index is 0.0785. The molecule has 1 fully saturated rings. The van der Waals surface area contributed by atoms with Crippen LogP contribution in [-0.4, -0.2) is 53.6 Å². The summed E-state index contributed by atoms with van der Waals surface area (Å²) in [5.41, 5.74) is 0.196. The lowest BCUT2D eigenvalue weighted by Gasteiger charge is -2.28. The highest BCUT2D eigenvalue weighted by Gasteiger charge is 2.52. The van der Waals surface area contributed by atoms with Gasteiger partial charge in [0.2, 0.25) is 5.88 Å². The standard InChI is InChI=1S/C22H29ClN6O4SSi/c1-15-17(14-28(2)25-15)34(31,32)27-21(30)16-6-7-18(24-20(16)23)29-12-8-19(26-29)33-13-11-22(9-10-22)35(3,4)5/h6-8,12,14H,9-11,13H2,1-5H3,(H,27,30). The summed E-state index contributed by atoms with van der Waals surface area (Å²) in [6, 6.07) is 4.68. The molecule has 0 atom stereocenters. The maximum absolute atomic E-state index is 12.6. The molecule has 0 aliphatic heterocycles. The van der Waals surface area contributed by atoms with E-state index >= 15 is 0 Å². The monoisotopic (exact) mass is 536 g/mol. The van der Waals surface area contributed by atoms with Crippen LogP contribution in [0, 0.1) is 6.92 Å². The van der Waals surface area contributed by atoms with Crippen LogP contribution in [-0.2, 0) is 17.1 Å². The van der Waals surface area contributed by atoms with Gasteiger partial charge in [-0.2, -0.15) is 5.10 Å². The zero-order valence-electron chi connectivity index (χ0n) is 20.4. The molecule has 13 heteroatoms. The molecule has 1 N–H and O–H groups in total. The number of hydrogen-bond acceptors (Lipinski definition) is 7. The maximum atomic E-state index is 12.6. The van der Waals surface area contributed by atoms with E-state index in [2.05, 4.69) is 34.8 Å². The number of carbonyl (C=O) groups excluding carboxylic acids is 1. The van der Waals surface area contributed by atoms with Gasteiger partial charge in [0.05, 0.1) is 25.9 Å². The third-order valence-corrected chi connectivity index (χ3v) is 12.3. The zero-order chi connectivity index (χ0) is 25.6. The van der Waals surface area contributed by atoms with Gasteiger partial charge in [0, 0.05) is 25.5 Å². The van der Waals surface area contributed by atoms with E-state index in [-0.39, 0.29) is 21.3 Å². The fourth-order valence-corrected chi connectivity index (χ4v) is 8.08. The first-order chi connectivity index (χ1) is 16.3. The summed E-state index contributed by atoms with van der Waals surface area (Å²) in [5.74, 6) is -0.0413. The number of hydrogen-bond donors (Lipinski definition) is 1. The number of pyridine rings is 1. The van der Waals surface area contributed by atoms with Crippen molar-refractivity contribution >= 4 is 35.6 Å². The van der Waals surface area contributed by atoms with Crippen LogP contribution in [0.1, 0.15) is 35.3 Å². The fraction of sp³-hybridized carbons (Fsp3) is 0.455. The minimum Gasteiger partial charge on any atom is -0.477 e. The maximum Gasteiger partial charge on any atom is 0.268 e. The molecule has 1 aliphatic rings. The van der Waals surface area contributed by atoms with Crippen molar-refractivity contribution in [2.75, 3.05) is 6.61 Å². The molecule has 0 spiro atoms. The van der Waals surface area contributed by atoms with Crippen LogP contribution in [0.2, 0.25) is 29.8 Å². The summed E-state index contributed by atoms with van der Waals surface area (Å²) in [6.45, 7) is 9.37. The van der Waals surface area contributed by atoms with Crippen molar-refractivity contribution in [3.8, 4) is 11.7 Å². The molecular formula is C22H29ClN6O4SSi. The Bertz CT molecular complexity index is 1370. The number of nitrogens with one attached hydrogen (secondary N) is 1. The molecule has 4 rings (SSSR count). The van der Waals surface area contributed by atoms with Gasteiger partial charge < -0.3 is 4.74 Å². The van der Waals surface area contributed by atoms with Crippen LogP contribution < -0.4 is 9.46 Å². The predicted molar refractivity (Wildman–Crippen MR) is 134 cm³/mol. The number of ether oxygens (including phenoxy) is 1. The second-order valence-electron chi connectivity index (χ2n) is 9.92. The lowest BCUT2D eigenvalue weighted by molar-refractivity contribution is 0.0981. The number of rotatable bonds is 9. The van der Waals surface area contributed by atoms with Crippen LogP contribution >= 0.6 is 11.6 Å². The number of carbonyl (C=O) groups is 1. The summed E-state index contributed by atoms with van der Waals surface area (Å²) in [7, 11) is -3.75. The smallest absolute Gasteiger partial charge is 0.268 e. The van der Waals surface area contributed by atoms with E-state index < -0.39 is 24.0 Å². The zero-order valence-corrected chi connectivity index (χ0v) is 22.9. The summed E-state index contributed by atoms with van der Waals surface area (Å²) in [5, 5.41) is 8.71. The van der Waals surface area contributed by atoms with Gasteiger partial charge in [-0.05, 0) is 43.4 Å². The van der Waals surface area contributed by atoms with E-state index in [0.717, 1.165) is 6.42 Å². The van der Waals surface area contributed by atoms with E-state index in [1.165, 1.54) is 40.5 Å². The largest absolute Gasteiger partial charge is 0.477 e. The van der Waals surface area contributed by atoms with Crippen molar-refractivity contribution < 1.29 is 17.9 Å². The van der Waals surface area contributed by atoms with Crippen LogP contribution in [0.3, 0.4) is 0 Å². The Morgan fingerprint density at radius 2 is 1.94 bits per heavy atom. The summed E-state index contributed by atoms with van der Waals surface area (Å²) < 4.78 is 35.9. The Morgan fingerprint density at radius 3 is 2.51 bits per heavy atom. The molecule has 3 aromatic rings. The molecule has 0 unspecified atom stereocenters. The highest BCUT2D eigenvalue weighted by molar-refractivity contribution is 7.90. The van der Waals surface area contributed by atoms with E-state index in [1.807, 2.05) is 4.72 Å². The Labute approximate surface area is 210 Å². The average Bonchev–Trinajstić information content (AvgIpc) is 3.27. The molecule has 1 aliphatic carbocycles. The molecule has 0 saturated heterocycles. The molecule has 3 aromatic heterocycles. The lowest BCUT2D eigenvalue weighted by atomic mass is 10.3. The first-order valence-corrected chi connectivity index (χ1v) is 16.6. The molecule has 1 amide bonds. The number of nitrogens with zero attached hydrogens (tertiary/aromatic N) is 5. The van der Waals surface area contributed by atoms with Gasteiger partial charge in [-0.1, -0.05) is 31.2 Å². The Morgan fingerprint density at radius 1 is 1.23 bits per heavy atom. The Hall–Kier alpha value is -2.70. The molecule has 35 heavy (non-hydrogen) atoms. The quantitative estimate of drug-likeness (QED) is 0.326. The first kappa shape index (κ1) is 25.4. The summed E-state index contributed by atoms with van der Waals surface area (Å²) >= 11 is 6.22. The van der Waals surface area contributed by atoms with E-state index in [4.69, 9.17) is 16.3 Å². The molecule has 188 valence electrons. The number of sulfonamides is 1. The van der Waals surface area contributed by atoms with Crippen LogP contribution in [0.4, 0.5) is 0 Å². The van der Waals surface area contributed by atoms with Crippen molar-refractivity contribution in [2.45, 2.75) is 55.8 Å². The summed E-state index contributed by atoms with van der Waals surface area (Å²) in [6.07, 6.45) is 6.61. The number of aromatic nitrogens is 5. The van der Waals surface area contributed by atoms with Gasteiger partial charge >= 0.3 is 0 Å².